The molecule has 0 saturated carbocycles. The van der Waals surface area contributed by atoms with Crippen molar-refractivity contribution in [2.24, 2.45) is 0 Å². The minimum absolute atomic E-state index is 0.781. The smallest absolute Gasteiger partial charge is 0.0325 e. The van der Waals surface area contributed by atoms with Gasteiger partial charge < -0.3 is 10.2 Å². The number of hydrogen-bond donors (Lipinski definition) is 1. The van der Waals surface area contributed by atoms with Crippen LogP contribution in [0.4, 0.5) is 0 Å². The molecule has 1 fully saturated rings. The predicted molar refractivity (Wildman–Crippen MR) is 83.2 cm³/mol. The van der Waals surface area contributed by atoms with Gasteiger partial charge in [-0.3, -0.25) is 0 Å². The highest BCUT2D eigenvalue weighted by molar-refractivity contribution is 9.10. The third-order valence-electron chi connectivity index (χ3n) is 3.55. The molecule has 0 radical (unpaired) electrons. The van der Waals surface area contributed by atoms with Crippen molar-refractivity contribution in [3.8, 4) is 0 Å². The van der Waals surface area contributed by atoms with E-state index in [2.05, 4.69) is 44.6 Å². The quantitative estimate of drug-likeness (QED) is 0.851. The van der Waals surface area contributed by atoms with Gasteiger partial charge in [0.2, 0.25) is 0 Å². The molecule has 1 atom stereocenters. The second kappa shape index (κ2) is 7.63. The van der Waals surface area contributed by atoms with Gasteiger partial charge in [0, 0.05) is 27.3 Å². The highest BCUT2D eigenvalue weighted by Crippen LogP contribution is 2.21. The van der Waals surface area contributed by atoms with E-state index in [0.717, 1.165) is 12.6 Å². The van der Waals surface area contributed by atoms with Crippen LogP contribution in [-0.4, -0.2) is 31.1 Å². The van der Waals surface area contributed by atoms with E-state index in [0.29, 0.717) is 0 Å². The molecule has 2 nitrogen and oxygen atoms in total. The van der Waals surface area contributed by atoms with Crippen LogP contribution in [0.25, 0.3) is 0 Å². The number of nitrogens with zero attached hydrogens (tertiary/aromatic N) is 1. The molecule has 18 heavy (non-hydrogen) atoms. The number of nitrogens with one attached hydrogen (secondary N) is 1. The lowest BCUT2D eigenvalue weighted by molar-refractivity contribution is 0.299. The molecule has 102 valence electrons. The van der Waals surface area contributed by atoms with Crippen LogP contribution in [0.5, 0.6) is 0 Å². The Morgan fingerprint density at radius 3 is 3.06 bits per heavy atom. The van der Waals surface area contributed by atoms with Crippen LogP contribution in [-0.2, 0) is 6.54 Å². The van der Waals surface area contributed by atoms with Gasteiger partial charge in [-0.05, 0) is 67.8 Å². The Morgan fingerprint density at radius 2 is 2.39 bits per heavy atom. The van der Waals surface area contributed by atoms with Crippen LogP contribution in [0.1, 0.15) is 37.0 Å². The van der Waals surface area contributed by atoms with E-state index in [4.69, 9.17) is 0 Å². The maximum atomic E-state index is 3.62. The molecule has 1 aromatic heterocycles. The maximum Gasteiger partial charge on any atom is 0.0325 e. The fraction of sp³-hybridized carbons (Fsp3) is 0.714. The van der Waals surface area contributed by atoms with Crippen molar-refractivity contribution >= 4 is 27.3 Å². The van der Waals surface area contributed by atoms with E-state index in [1.807, 2.05) is 11.3 Å². The number of rotatable bonds is 6. The van der Waals surface area contributed by atoms with Crippen molar-refractivity contribution in [1.82, 2.24) is 10.2 Å². The predicted octanol–water partition coefficient (Wildman–Crippen LogP) is 3.86. The maximum absolute atomic E-state index is 3.62. The van der Waals surface area contributed by atoms with Crippen LogP contribution in [0.2, 0.25) is 0 Å². The number of halogens is 1. The average Bonchev–Trinajstić information content (AvgIpc) is 2.76. The molecular formula is C14H23BrN2S. The minimum Gasteiger partial charge on any atom is -0.314 e. The lowest BCUT2D eigenvalue weighted by Gasteiger charge is -2.24. The van der Waals surface area contributed by atoms with Crippen molar-refractivity contribution < 1.29 is 0 Å². The first-order chi connectivity index (χ1) is 8.74. The van der Waals surface area contributed by atoms with Crippen molar-refractivity contribution in [2.45, 2.75) is 44.7 Å². The van der Waals surface area contributed by atoms with Crippen molar-refractivity contribution in [1.29, 1.82) is 0 Å². The molecule has 0 spiro atoms. The van der Waals surface area contributed by atoms with Crippen LogP contribution in [0, 0.1) is 0 Å². The summed E-state index contributed by atoms with van der Waals surface area (Å²) < 4.78 is 1.21. The van der Waals surface area contributed by atoms with Crippen molar-refractivity contribution in [2.75, 3.05) is 20.1 Å². The Labute approximate surface area is 123 Å². The van der Waals surface area contributed by atoms with Gasteiger partial charge in [-0.25, -0.2) is 0 Å². The average molecular weight is 331 g/mol. The molecule has 2 rings (SSSR count). The van der Waals surface area contributed by atoms with E-state index < -0.39 is 0 Å². The summed E-state index contributed by atoms with van der Waals surface area (Å²) >= 11 is 5.35. The van der Waals surface area contributed by atoms with E-state index >= 15 is 0 Å². The zero-order chi connectivity index (χ0) is 12.8. The van der Waals surface area contributed by atoms with Crippen LogP contribution >= 0.6 is 27.3 Å². The molecule has 0 aromatic carbocycles. The number of thiophene rings is 1. The molecule has 0 aliphatic carbocycles. The standard InChI is InChI=1S/C14H23BrN2S/c1-17(10-14-9-12(15)11-18-14)8-4-6-13-5-2-3-7-16-13/h9,11,13,16H,2-8,10H2,1H3. The number of piperidine rings is 1. The molecular weight excluding hydrogens is 308 g/mol. The molecule has 1 aromatic rings. The first-order valence-corrected chi connectivity index (χ1v) is 8.56. The summed E-state index contributed by atoms with van der Waals surface area (Å²) in [5.41, 5.74) is 0. The lowest BCUT2D eigenvalue weighted by Crippen LogP contribution is -2.34. The van der Waals surface area contributed by atoms with Crippen LogP contribution in [0.3, 0.4) is 0 Å². The monoisotopic (exact) mass is 330 g/mol. The Balaban J connectivity index is 1.60. The SMILES string of the molecule is CN(CCCC1CCCCN1)Cc1cc(Br)cs1. The summed E-state index contributed by atoms with van der Waals surface area (Å²) in [6.07, 6.45) is 6.79. The van der Waals surface area contributed by atoms with Gasteiger partial charge in [-0.2, -0.15) is 0 Å². The topological polar surface area (TPSA) is 15.3 Å². The summed E-state index contributed by atoms with van der Waals surface area (Å²) in [4.78, 5) is 3.88. The molecule has 4 heteroatoms. The highest BCUT2D eigenvalue weighted by atomic mass is 79.9. The van der Waals surface area contributed by atoms with Gasteiger partial charge >= 0.3 is 0 Å². The molecule has 1 saturated heterocycles. The van der Waals surface area contributed by atoms with Crippen LogP contribution in [0.15, 0.2) is 15.9 Å². The fourth-order valence-corrected chi connectivity index (χ4v) is 4.09. The minimum atomic E-state index is 0.781. The summed E-state index contributed by atoms with van der Waals surface area (Å²) in [5.74, 6) is 0. The fourth-order valence-electron chi connectivity index (χ4n) is 2.56. The van der Waals surface area contributed by atoms with E-state index in [1.54, 1.807) is 0 Å². The summed E-state index contributed by atoms with van der Waals surface area (Å²) in [7, 11) is 2.22. The van der Waals surface area contributed by atoms with Gasteiger partial charge in [0.1, 0.15) is 0 Å². The Hall–Kier alpha value is 0.1000. The third kappa shape index (κ3) is 5.00. The summed E-state index contributed by atoms with van der Waals surface area (Å²) in [6, 6.07) is 3.01. The Kier molecular flexibility index (Phi) is 6.15. The molecule has 0 bridgehead atoms. The van der Waals surface area contributed by atoms with E-state index in [9.17, 15) is 0 Å². The van der Waals surface area contributed by atoms with Gasteiger partial charge in [0.05, 0.1) is 0 Å². The van der Waals surface area contributed by atoms with Crippen molar-refractivity contribution in [3.05, 3.63) is 20.8 Å². The van der Waals surface area contributed by atoms with Gasteiger partial charge in [0.15, 0.2) is 0 Å². The zero-order valence-corrected chi connectivity index (χ0v) is 13.5. The molecule has 1 N–H and O–H groups in total. The van der Waals surface area contributed by atoms with E-state index in [-0.39, 0.29) is 0 Å². The summed E-state index contributed by atoms with van der Waals surface area (Å²) in [6.45, 7) is 3.51. The lowest BCUT2D eigenvalue weighted by atomic mass is 10.0. The first kappa shape index (κ1) is 14.5. The van der Waals surface area contributed by atoms with Crippen molar-refractivity contribution in [3.63, 3.8) is 0 Å². The molecule has 2 heterocycles. The largest absolute Gasteiger partial charge is 0.314 e. The van der Waals surface area contributed by atoms with Gasteiger partial charge in [-0.15, -0.1) is 11.3 Å². The highest BCUT2D eigenvalue weighted by Gasteiger charge is 2.12. The molecule has 0 amide bonds. The van der Waals surface area contributed by atoms with Gasteiger partial charge in [-0.1, -0.05) is 6.42 Å². The third-order valence-corrected chi connectivity index (χ3v) is 5.23. The van der Waals surface area contributed by atoms with Gasteiger partial charge in [0.25, 0.3) is 0 Å². The second-order valence-electron chi connectivity index (χ2n) is 5.26. The number of hydrogen-bond acceptors (Lipinski definition) is 3. The Bertz CT molecular complexity index is 347. The summed E-state index contributed by atoms with van der Waals surface area (Å²) in [5, 5.41) is 5.79. The Morgan fingerprint density at radius 1 is 1.50 bits per heavy atom. The normalized spacial score (nSPS) is 20.5. The van der Waals surface area contributed by atoms with E-state index in [1.165, 1.54) is 54.5 Å². The van der Waals surface area contributed by atoms with Crippen LogP contribution < -0.4 is 5.32 Å². The molecule has 1 unspecified atom stereocenters. The zero-order valence-electron chi connectivity index (χ0n) is 11.1. The molecule has 1 aliphatic heterocycles. The second-order valence-corrected chi connectivity index (χ2v) is 7.17. The first-order valence-electron chi connectivity index (χ1n) is 6.89. The molecule has 1 aliphatic rings.